The first-order valence-corrected chi connectivity index (χ1v) is 8.51. The fourth-order valence-electron chi connectivity index (χ4n) is 3.69. The highest BCUT2D eigenvalue weighted by molar-refractivity contribution is 5.79. The molecule has 4 heteroatoms. The van der Waals surface area contributed by atoms with Crippen LogP contribution in [0.2, 0.25) is 0 Å². The predicted molar refractivity (Wildman–Crippen MR) is 94.9 cm³/mol. The maximum Gasteiger partial charge on any atom is 0.236 e. The molecule has 1 aliphatic rings. The Hall–Kier alpha value is -2.10. The molecule has 1 aromatic carbocycles. The third-order valence-corrected chi connectivity index (χ3v) is 5.21. The van der Waals surface area contributed by atoms with E-state index in [4.69, 9.17) is 4.98 Å². The molecule has 1 fully saturated rings. The summed E-state index contributed by atoms with van der Waals surface area (Å²) in [5.74, 6) is 2.65. The van der Waals surface area contributed by atoms with Gasteiger partial charge in [-0.3, -0.25) is 4.40 Å². The van der Waals surface area contributed by atoms with Crippen molar-refractivity contribution in [3.05, 3.63) is 36.5 Å². The molecular weight excluding hydrogens is 284 g/mol. The zero-order valence-corrected chi connectivity index (χ0v) is 14.2. The predicted octanol–water partition coefficient (Wildman–Crippen LogP) is 4.15. The van der Waals surface area contributed by atoms with Gasteiger partial charge in [0.1, 0.15) is 5.82 Å². The van der Waals surface area contributed by atoms with Gasteiger partial charge in [-0.05, 0) is 42.4 Å². The molecule has 2 aromatic heterocycles. The number of anilines is 1. The van der Waals surface area contributed by atoms with Crippen molar-refractivity contribution in [2.45, 2.75) is 33.6 Å². The lowest BCUT2D eigenvalue weighted by Gasteiger charge is -2.39. The maximum absolute atomic E-state index is 4.80. The van der Waals surface area contributed by atoms with E-state index < -0.39 is 0 Å². The number of piperidine rings is 1. The van der Waals surface area contributed by atoms with Crippen LogP contribution in [-0.4, -0.2) is 27.5 Å². The van der Waals surface area contributed by atoms with E-state index in [1.165, 1.54) is 12.8 Å². The largest absolute Gasteiger partial charge is 0.356 e. The van der Waals surface area contributed by atoms with Gasteiger partial charge < -0.3 is 4.90 Å². The van der Waals surface area contributed by atoms with Crippen molar-refractivity contribution < 1.29 is 0 Å². The monoisotopic (exact) mass is 308 g/mol. The minimum atomic E-state index is 0.407. The Kier molecular flexibility index (Phi) is 3.29. The van der Waals surface area contributed by atoms with Gasteiger partial charge in [-0.25, -0.2) is 4.98 Å². The molecule has 0 saturated carbocycles. The maximum atomic E-state index is 4.80. The van der Waals surface area contributed by atoms with Crippen molar-refractivity contribution in [2.24, 2.45) is 11.3 Å². The van der Waals surface area contributed by atoms with Crippen molar-refractivity contribution in [3.8, 4) is 0 Å². The standard InChI is InChI=1S/C19H24N4/c1-19(2,3)14-8-11-22(12-9-14)17-10-13-23-16-7-5-4-6-15(16)20-18(23)21-17/h4-7,10,13-14H,8-9,11-12H2,1-3H3. The SMILES string of the molecule is CC(C)(C)C1CCN(c2ccn3c(n2)nc2ccccc23)CC1. The van der Waals surface area contributed by atoms with Crippen molar-refractivity contribution >= 4 is 22.6 Å². The van der Waals surface area contributed by atoms with Gasteiger partial charge in [0.2, 0.25) is 5.78 Å². The van der Waals surface area contributed by atoms with E-state index in [1.807, 2.05) is 18.2 Å². The molecule has 0 bridgehead atoms. The molecule has 0 N–H and O–H groups in total. The molecule has 1 saturated heterocycles. The molecule has 23 heavy (non-hydrogen) atoms. The molecule has 4 nitrogen and oxygen atoms in total. The van der Waals surface area contributed by atoms with Crippen LogP contribution in [0.1, 0.15) is 33.6 Å². The lowest BCUT2D eigenvalue weighted by Crippen LogP contribution is -2.38. The van der Waals surface area contributed by atoms with E-state index in [0.29, 0.717) is 5.41 Å². The molecule has 3 aromatic rings. The van der Waals surface area contributed by atoms with Crippen LogP contribution in [0.5, 0.6) is 0 Å². The molecule has 0 aliphatic carbocycles. The first kappa shape index (κ1) is 14.5. The van der Waals surface area contributed by atoms with Crippen molar-refractivity contribution in [2.75, 3.05) is 18.0 Å². The van der Waals surface area contributed by atoms with Crippen LogP contribution >= 0.6 is 0 Å². The van der Waals surface area contributed by atoms with Gasteiger partial charge in [0, 0.05) is 19.3 Å². The van der Waals surface area contributed by atoms with Crippen LogP contribution in [0.4, 0.5) is 5.82 Å². The average molecular weight is 308 g/mol. The highest BCUT2D eigenvalue weighted by Crippen LogP contribution is 2.35. The van der Waals surface area contributed by atoms with Gasteiger partial charge in [-0.15, -0.1) is 0 Å². The van der Waals surface area contributed by atoms with Gasteiger partial charge in [-0.1, -0.05) is 32.9 Å². The fourth-order valence-corrected chi connectivity index (χ4v) is 3.69. The number of para-hydroxylation sites is 2. The van der Waals surface area contributed by atoms with E-state index in [2.05, 4.69) is 53.4 Å². The molecule has 0 radical (unpaired) electrons. The molecular formula is C19H24N4. The summed E-state index contributed by atoms with van der Waals surface area (Å²) in [6, 6.07) is 10.3. The number of nitrogens with zero attached hydrogens (tertiary/aromatic N) is 4. The summed E-state index contributed by atoms with van der Waals surface area (Å²) < 4.78 is 2.07. The first-order chi connectivity index (χ1) is 11.0. The highest BCUT2D eigenvalue weighted by Gasteiger charge is 2.29. The lowest BCUT2D eigenvalue weighted by molar-refractivity contribution is 0.198. The third-order valence-electron chi connectivity index (χ3n) is 5.21. The quantitative estimate of drug-likeness (QED) is 0.677. The minimum absolute atomic E-state index is 0.407. The van der Waals surface area contributed by atoms with Crippen LogP contribution in [0.15, 0.2) is 36.5 Å². The fraction of sp³-hybridized carbons (Fsp3) is 0.474. The van der Waals surface area contributed by atoms with Gasteiger partial charge in [0.25, 0.3) is 0 Å². The smallest absolute Gasteiger partial charge is 0.236 e. The van der Waals surface area contributed by atoms with E-state index in [0.717, 1.165) is 41.6 Å². The average Bonchev–Trinajstić information content (AvgIpc) is 2.92. The Morgan fingerprint density at radius 1 is 1.00 bits per heavy atom. The Balaban J connectivity index is 1.62. The molecule has 0 unspecified atom stereocenters. The number of imidazole rings is 1. The Labute approximate surface area is 137 Å². The highest BCUT2D eigenvalue weighted by atomic mass is 15.2. The number of aromatic nitrogens is 3. The zero-order valence-electron chi connectivity index (χ0n) is 14.2. The number of hydrogen-bond acceptors (Lipinski definition) is 3. The Morgan fingerprint density at radius 2 is 1.74 bits per heavy atom. The Morgan fingerprint density at radius 3 is 2.48 bits per heavy atom. The van der Waals surface area contributed by atoms with Gasteiger partial charge >= 0.3 is 0 Å². The number of fused-ring (bicyclic) bond motifs is 3. The summed E-state index contributed by atoms with van der Waals surface area (Å²) in [5, 5.41) is 0. The number of benzene rings is 1. The Bertz CT molecular complexity index is 835. The third kappa shape index (κ3) is 2.56. The van der Waals surface area contributed by atoms with Crippen molar-refractivity contribution in [1.29, 1.82) is 0 Å². The van der Waals surface area contributed by atoms with Crippen LogP contribution in [0.3, 0.4) is 0 Å². The summed E-state index contributed by atoms with van der Waals surface area (Å²) in [6.45, 7) is 9.24. The summed E-state index contributed by atoms with van der Waals surface area (Å²) >= 11 is 0. The van der Waals surface area contributed by atoms with Crippen LogP contribution < -0.4 is 4.90 Å². The van der Waals surface area contributed by atoms with Crippen molar-refractivity contribution in [1.82, 2.24) is 14.4 Å². The molecule has 4 rings (SSSR count). The van der Waals surface area contributed by atoms with Crippen LogP contribution in [0, 0.1) is 11.3 Å². The summed E-state index contributed by atoms with van der Waals surface area (Å²) in [7, 11) is 0. The number of rotatable bonds is 1. The second kappa shape index (κ2) is 5.22. The van der Waals surface area contributed by atoms with Gasteiger partial charge in [0.05, 0.1) is 11.0 Å². The van der Waals surface area contributed by atoms with Gasteiger partial charge in [-0.2, -0.15) is 4.98 Å². The molecule has 1 aliphatic heterocycles. The summed E-state index contributed by atoms with van der Waals surface area (Å²) in [5.41, 5.74) is 2.53. The first-order valence-electron chi connectivity index (χ1n) is 8.51. The van der Waals surface area contributed by atoms with E-state index in [9.17, 15) is 0 Å². The van der Waals surface area contributed by atoms with Crippen LogP contribution in [-0.2, 0) is 0 Å². The molecule has 120 valence electrons. The van der Waals surface area contributed by atoms with E-state index >= 15 is 0 Å². The second-order valence-corrected chi connectivity index (χ2v) is 7.68. The summed E-state index contributed by atoms with van der Waals surface area (Å²) in [6.07, 6.45) is 4.59. The minimum Gasteiger partial charge on any atom is -0.356 e. The zero-order chi connectivity index (χ0) is 16.0. The second-order valence-electron chi connectivity index (χ2n) is 7.68. The van der Waals surface area contributed by atoms with E-state index in [-0.39, 0.29) is 0 Å². The molecule has 0 amide bonds. The van der Waals surface area contributed by atoms with Gasteiger partial charge in [0.15, 0.2) is 0 Å². The van der Waals surface area contributed by atoms with Crippen molar-refractivity contribution in [3.63, 3.8) is 0 Å². The topological polar surface area (TPSA) is 33.4 Å². The molecule has 3 heterocycles. The normalized spacial score (nSPS) is 17.3. The number of hydrogen-bond donors (Lipinski definition) is 0. The lowest BCUT2D eigenvalue weighted by atomic mass is 9.75. The molecule has 0 atom stereocenters. The van der Waals surface area contributed by atoms with E-state index in [1.54, 1.807) is 0 Å². The molecule has 0 spiro atoms. The summed E-state index contributed by atoms with van der Waals surface area (Å²) in [4.78, 5) is 11.9. The van der Waals surface area contributed by atoms with Crippen LogP contribution in [0.25, 0.3) is 16.8 Å².